The summed E-state index contributed by atoms with van der Waals surface area (Å²) < 4.78 is 26.6. The minimum atomic E-state index is -3.65. The molecule has 0 unspecified atom stereocenters. The number of sulfonamides is 1. The zero-order chi connectivity index (χ0) is 20.3. The highest BCUT2D eigenvalue weighted by Gasteiger charge is 2.21. The monoisotopic (exact) mass is 394 g/mol. The predicted molar refractivity (Wildman–Crippen MR) is 112 cm³/mol. The van der Waals surface area contributed by atoms with Crippen molar-refractivity contribution in [3.63, 3.8) is 0 Å². The Kier molecular flexibility index (Phi) is 5.51. The molecular formula is C22H22N2O3S. The van der Waals surface area contributed by atoms with Crippen LogP contribution in [-0.4, -0.2) is 21.4 Å². The molecule has 5 nitrogen and oxygen atoms in total. The smallest absolute Gasteiger partial charge is 0.264 e. The largest absolute Gasteiger partial charge is 0.322 e. The fraction of sp³-hybridized carbons (Fsp3) is 0.136. The molecule has 0 heterocycles. The summed E-state index contributed by atoms with van der Waals surface area (Å²) in [5, 5.41) is 2.93. The molecular weight excluding hydrogens is 372 g/mol. The third-order valence-corrected chi connectivity index (χ3v) is 6.41. The summed E-state index contributed by atoms with van der Waals surface area (Å²) in [4.78, 5) is 12.8. The second kappa shape index (κ2) is 7.86. The van der Waals surface area contributed by atoms with Crippen LogP contribution in [0.1, 0.15) is 21.5 Å². The van der Waals surface area contributed by atoms with Crippen LogP contribution in [0, 0.1) is 13.8 Å². The van der Waals surface area contributed by atoms with Gasteiger partial charge in [0, 0.05) is 18.3 Å². The molecule has 144 valence electrons. The summed E-state index contributed by atoms with van der Waals surface area (Å²) in [5.74, 6) is -0.238. The number of rotatable bonds is 5. The van der Waals surface area contributed by atoms with Crippen LogP contribution >= 0.6 is 0 Å². The molecule has 3 rings (SSSR count). The topological polar surface area (TPSA) is 66.5 Å². The number of aryl methyl sites for hydroxylation is 2. The van der Waals surface area contributed by atoms with Gasteiger partial charge in [0.05, 0.1) is 10.6 Å². The Morgan fingerprint density at radius 3 is 1.96 bits per heavy atom. The van der Waals surface area contributed by atoms with Crippen molar-refractivity contribution < 1.29 is 13.2 Å². The molecule has 6 heteroatoms. The van der Waals surface area contributed by atoms with Gasteiger partial charge < -0.3 is 5.32 Å². The van der Waals surface area contributed by atoms with Crippen LogP contribution in [0.25, 0.3) is 0 Å². The van der Waals surface area contributed by atoms with Crippen molar-refractivity contribution in [1.29, 1.82) is 0 Å². The molecule has 0 bridgehead atoms. The Bertz CT molecular complexity index is 1070. The van der Waals surface area contributed by atoms with E-state index in [1.165, 1.54) is 11.4 Å². The fourth-order valence-electron chi connectivity index (χ4n) is 2.91. The van der Waals surface area contributed by atoms with Gasteiger partial charge in [-0.3, -0.25) is 9.10 Å². The molecule has 28 heavy (non-hydrogen) atoms. The van der Waals surface area contributed by atoms with Gasteiger partial charge in [-0.05, 0) is 61.4 Å². The van der Waals surface area contributed by atoms with E-state index in [1.54, 1.807) is 54.6 Å². The standard InChI is InChI=1S/C22H22N2O3S/c1-16-8-7-9-17(2)21(16)23-22(25)18-12-14-19(15-13-18)24(3)28(26,27)20-10-5-4-6-11-20/h4-15H,1-3H3,(H,23,25). The van der Waals surface area contributed by atoms with E-state index < -0.39 is 10.0 Å². The highest BCUT2D eigenvalue weighted by atomic mass is 32.2. The molecule has 0 spiro atoms. The average Bonchev–Trinajstić information content (AvgIpc) is 2.71. The molecule has 1 N–H and O–H groups in total. The van der Waals surface area contributed by atoms with Gasteiger partial charge in [-0.2, -0.15) is 0 Å². The Morgan fingerprint density at radius 1 is 0.821 bits per heavy atom. The molecule has 0 fully saturated rings. The first kappa shape index (κ1) is 19.6. The van der Waals surface area contributed by atoms with Crippen LogP contribution in [0.5, 0.6) is 0 Å². The molecule has 0 aliphatic heterocycles. The lowest BCUT2D eigenvalue weighted by molar-refractivity contribution is 0.102. The number of nitrogens with one attached hydrogen (secondary N) is 1. The number of benzene rings is 3. The molecule has 0 radical (unpaired) electrons. The number of nitrogens with zero attached hydrogens (tertiary/aromatic N) is 1. The van der Waals surface area contributed by atoms with Crippen LogP contribution < -0.4 is 9.62 Å². The second-order valence-corrected chi connectivity index (χ2v) is 8.52. The Balaban J connectivity index is 1.81. The Morgan fingerprint density at radius 2 is 1.39 bits per heavy atom. The van der Waals surface area contributed by atoms with Crippen molar-refractivity contribution in [2.75, 3.05) is 16.7 Å². The fourth-order valence-corrected chi connectivity index (χ4v) is 4.13. The van der Waals surface area contributed by atoms with E-state index in [-0.39, 0.29) is 10.8 Å². The van der Waals surface area contributed by atoms with E-state index in [0.717, 1.165) is 16.8 Å². The first-order valence-corrected chi connectivity index (χ1v) is 10.3. The second-order valence-electron chi connectivity index (χ2n) is 6.55. The molecule has 1 amide bonds. The number of amides is 1. The predicted octanol–water partition coefficient (Wildman–Crippen LogP) is 4.38. The van der Waals surface area contributed by atoms with Gasteiger partial charge in [0.1, 0.15) is 0 Å². The number of hydrogen-bond acceptors (Lipinski definition) is 3. The van der Waals surface area contributed by atoms with Crippen LogP contribution in [0.15, 0.2) is 77.7 Å². The number of hydrogen-bond donors (Lipinski definition) is 1. The highest BCUT2D eigenvalue weighted by Crippen LogP contribution is 2.24. The summed E-state index contributed by atoms with van der Waals surface area (Å²) in [6.45, 7) is 3.88. The summed E-state index contributed by atoms with van der Waals surface area (Å²) in [5.41, 5.74) is 3.70. The van der Waals surface area contributed by atoms with Crippen LogP contribution in [0.2, 0.25) is 0 Å². The van der Waals surface area contributed by atoms with E-state index in [0.29, 0.717) is 11.3 Å². The first-order valence-electron chi connectivity index (χ1n) is 8.82. The minimum absolute atomic E-state index is 0.217. The number of anilines is 2. The van der Waals surface area contributed by atoms with Crippen molar-refractivity contribution in [3.8, 4) is 0 Å². The van der Waals surface area contributed by atoms with Crippen LogP contribution in [0.3, 0.4) is 0 Å². The summed E-state index contributed by atoms with van der Waals surface area (Å²) in [6, 6.07) is 20.6. The van der Waals surface area contributed by atoms with E-state index >= 15 is 0 Å². The first-order chi connectivity index (χ1) is 13.3. The van der Waals surface area contributed by atoms with Gasteiger partial charge in [-0.1, -0.05) is 36.4 Å². The van der Waals surface area contributed by atoms with Crippen molar-refractivity contribution in [2.45, 2.75) is 18.7 Å². The lowest BCUT2D eigenvalue weighted by Crippen LogP contribution is -2.26. The molecule has 3 aromatic rings. The van der Waals surface area contributed by atoms with E-state index in [1.807, 2.05) is 32.0 Å². The third kappa shape index (κ3) is 3.92. The Hall–Kier alpha value is -3.12. The average molecular weight is 394 g/mol. The molecule has 0 aliphatic rings. The number of carbonyl (C=O) groups is 1. The van der Waals surface area contributed by atoms with Crippen molar-refractivity contribution in [2.24, 2.45) is 0 Å². The van der Waals surface area contributed by atoms with E-state index in [2.05, 4.69) is 5.32 Å². The zero-order valence-corrected chi connectivity index (χ0v) is 16.8. The summed E-state index contributed by atoms with van der Waals surface area (Å²) >= 11 is 0. The minimum Gasteiger partial charge on any atom is -0.322 e. The van der Waals surface area contributed by atoms with Crippen molar-refractivity contribution >= 4 is 27.3 Å². The van der Waals surface area contributed by atoms with Crippen LogP contribution in [-0.2, 0) is 10.0 Å². The van der Waals surface area contributed by atoms with Gasteiger partial charge >= 0.3 is 0 Å². The molecule has 0 aliphatic carbocycles. The van der Waals surface area contributed by atoms with Gasteiger partial charge in [-0.25, -0.2) is 8.42 Å². The maximum Gasteiger partial charge on any atom is 0.264 e. The van der Waals surface area contributed by atoms with Crippen molar-refractivity contribution in [1.82, 2.24) is 0 Å². The van der Waals surface area contributed by atoms with E-state index in [9.17, 15) is 13.2 Å². The summed E-state index contributed by atoms with van der Waals surface area (Å²) in [7, 11) is -2.16. The maximum atomic E-state index is 12.7. The van der Waals surface area contributed by atoms with Crippen LogP contribution in [0.4, 0.5) is 11.4 Å². The van der Waals surface area contributed by atoms with Gasteiger partial charge in [0.15, 0.2) is 0 Å². The van der Waals surface area contributed by atoms with Gasteiger partial charge in [0.25, 0.3) is 15.9 Å². The molecule has 3 aromatic carbocycles. The molecule has 0 saturated heterocycles. The van der Waals surface area contributed by atoms with Gasteiger partial charge in [0.2, 0.25) is 0 Å². The summed E-state index contributed by atoms with van der Waals surface area (Å²) in [6.07, 6.45) is 0. The highest BCUT2D eigenvalue weighted by molar-refractivity contribution is 7.92. The Labute approximate surface area is 165 Å². The zero-order valence-electron chi connectivity index (χ0n) is 16.0. The molecule has 0 atom stereocenters. The third-order valence-electron chi connectivity index (χ3n) is 4.61. The number of para-hydroxylation sites is 1. The lowest BCUT2D eigenvalue weighted by atomic mass is 10.1. The normalized spacial score (nSPS) is 11.1. The number of carbonyl (C=O) groups excluding carboxylic acids is 1. The molecule has 0 saturated carbocycles. The lowest BCUT2D eigenvalue weighted by Gasteiger charge is -2.20. The SMILES string of the molecule is Cc1cccc(C)c1NC(=O)c1ccc(N(C)S(=O)(=O)c2ccccc2)cc1. The maximum absolute atomic E-state index is 12.7. The quantitative estimate of drug-likeness (QED) is 0.698. The molecule has 0 aromatic heterocycles. The van der Waals surface area contributed by atoms with Crippen molar-refractivity contribution in [3.05, 3.63) is 89.5 Å². The van der Waals surface area contributed by atoms with Gasteiger partial charge in [-0.15, -0.1) is 0 Å². The van der Waals surface area contributed by atoms with E-state index in [4.69, 9.17) is 0 Å².